The second-order valence-electron chi connectivity index (χ2n) is 6.65. The predicted octanol–water partition coefficient (Wildman–Crippen LogP) is 3.32. The summed E-state index contributed by atoms with van der Waals surface area (Å²) in [5.74, 6) is 0.899. The Morgan fingerprint density at radius 1 is 1.31 bits per heavy atom. The van der Waals surface area contributed by atoms with E-state index in [0.29, 0.717) is 22.8 Å². The lowest BCUT2D eigenvalue weighted by Crippen LogP contribution is -2.19. The summed E-state index contributed by atoms with van der Waals surface area (Å²) in [4.78, 5) is 17.0. The molecule has 1 N–H and O–H groups in total. The number of nitrogens with one attached hydrogen (secondary N) is 1. The number of fused-ring (bicyclic) bond motifs is 2. The largest absolute Gasteiger partial charge is 0.490 e. The number of halogens is 1. The zero-order valence-corrected chi connectivity index (χ0v) is 14.6. The molecule has 0 saturated heterocycles. The molecule has 0 amide bonds. The second-order valence-corrected chi connectivity index (χ2v) is 6.65. The lowest BCUT2D eigenvalue weighted by Gasteiger charge is -2.21. The van der Waals surface area contributed by atoms with Crippen LogP contribution < -0.4 is 10.1 Å². The average molecular weight is 354 g/mol. The Morgan fingerprint density at radius 3 is 3.00 bits per heavy atom. The maximum atomic E-state index is 13.8. The molecule has 3 heterocycles. The fraction of sp³-hybridized carbons (Fsp3) is 0.316. The molecule has 6 nitrogen and oxygen atoms in total. The van der Waals surface area contributed by atoms with Gasteiger partial charge in [0, 0.05) is 30.2 Å². The number of Topliss-reactive ketones (excluding diaryl/α,β-unsaturated/α-hetero) is 1. The number of benzene rings is 1. The van der Waals surface area contributed by atoms with Crippen LogP contribution in [0.3, 0.4) is 0 Å². The van der Waals surface area contributed by atoms with E-state index in [1.807, 2.05) is 13.8 Å². The summed E-state index contributed by atoms with van der Waals surface area (Å²) in [6.07, 6.45) is 3.65. The van der Waals surface area contributed by atoms with Gasteiger partial charge in [0.1, 0.15) is 29.3 Å². The Hall–Kier alpha value is -2.96. The molecule has 1 aliphatic rings. The van der Waals surface area contributed by atoms with Gasteiger partial charge < -0.3 is 10.1 Å². The van der Waals surface area contributed by atoms with E-state index in [1.165, 1.54) is 12.1 Å². The molecule has 2 bridgehead atoms. The van der Waals surface area contributed by atoms with Gasteiger partial charge in [-0.3, -0.25) is 4.79 Å². The van der Waals surface area contributed by atoms with Gasteiger partial charge in [0.2, 0.25) is 0 Å². The first kappa shape index (κ1) is 16.5. The van der Waals surface area contributed by atoms with Crippen LogP contribution in [-0.4, -0.2) is 26.5 Å². The monoisotopic (exact) mass is 354 g/mol. The Labute approximate surface area is 150 Å². The van der Waals surface area contributed by atoms with Crippen LogP contribution in [0, 0.1) is 5.82 Å². The maximum Gasteiger partial charge on any atom is 0.160 e. The number of carbonyl (C=O) groups excluding carboxylic acids is 1. The van der Waals surface area contributed by atoms with Gasteiger partial charge in [-0.15, -0.1) is 0 Å². The highest BCUT2D eigenvalue weighted by atomic mass is 19.1. The van der Waals surface area contributed by atoms with Crippen molar-refractivity contribution in [1.82, 2.24) is 14.6 Å². The molecule has 0 radical (unpaired) electrons. The van der Waals surface area contributed by atoms with Crippen LogP contribution in [0.4, 0.5) is 10.2 Å². The van der Waals surface area contributed by atoms with Crippen molar-refractivity contribution in [2.45, 2.75) is 38.8 Å². The Morgan fingerprint density at radius 2 is 2.15 bits per heavy atom. The minimum Gasteiger partial charge on any atom is -0.490 e. The van der Waals surface area contributed by atoms with Crippen molar-refractivity contribution in [3.05, 3.63) is 53.6 Å². The van der Waals surface area contributed by atoms with Crippen LogP contribution in [0.25, 0.3) is 5.65 Å². The number of hydrogen-bond donors (Lipinski definition) is 1. The van der Waals surface area contributed by atoms with Crippen molar-refractivity contribution in [2.75, 3.05) is 5.32 Å². The van der Waals surface area contributed by atoms with Crippen LogP contribution in [0.5, 0.6) is 5.75 Å². The third-order valence-corrected chi connectivity index (χ3v) is 4.48. The first-order valence-electron chi connectivity index (χ1n) is 8.57. The molecule has 0 fully saturated rings. The van der Waals surface area contributed by atoms with Gasteiger partial charge in [0.25, 0.3) is 0 Å². The number of ketones is 1. The highest BCUT2D eigenvalue weighted by Gasteiger charge is 2.20. The Bertz CT molecular complexity index is 985. The van der Waals surface area contributed by atoms with E-state index < -0.39 is 0 Å². The molecule has 0 spiro atoms. The topological polar surface area (TPSA) is 68.5 Å². The molecule has 0 aliphatic carbocycles. The van der Waals surface area contributed by atoms with E-state index in [4.69, 9.17) is 4.74 Å². The standard InChI is InChI=1S/C19H19FN4O2/c1-11-7-15(25)8-13-10-21-24-6-5-18(23-19(13)24)22-12(2)16-9-14(20)3-4-17(16)26-11/h3-6,9-12H,7-8H2,1-2H3,(H,22,23)/t11-,12-/m0/s1. The van der Waals surface area contributed by atoms with E-state index in [2.05, 4.69) is 15.4 Å². The van der Waals surface area contributed by atoms with Gasteiger partial charge in [0.05, 0.1) is 12.2 Å². The van der Waals surface area contributed by atoms with Crippen LogP contribution in [0.15, 0.2) is 36.7 Å². The highest BCUT2D eigenvalue weighted by Crippen LogP contribution is 2.30. The van der Waals surface area contributed by atoms with E-state index in [-0.39, 0.29) is 36.6 Å². The first-order valence-corrected chi connectivity index (χ1v) is 8.57. The number of nitrogens with zero attached hydrogens (tertiary/aromatic N) is 3. The molecule has 26 heavy (non-hydrogen) atoms. The number of aromatic nitrogens is 3. The molecule has 3 aromatic rings. The first-order chi connectivity index (χ1) is 12.5. The van der Waals surface area contributed by atoms with Crippen LogP contribution >= 0.6 is 0 Å². The SMILES string of the molecule is C[C@@H]1Nc2ccn3ncc(c3n2)CC(=O)C[C@H](C)Oc2ccc(F)cc21. The molecule has 1 aliphatic heterocycles. The molecule has 134 valence electrons. The third kappa shape index (κ3) is 3.12. The third-order valence-electron chi connectivity index (χ3n) is 4.48. The van der Waals surface area contributed by atoms with Crippen molar-refractivity contribution in [2.24, 2.45) is 0 Å². The minimum absolute atomic E-state index is 0.0449. The number of anilines is 1. The molecular weight excluding hydrogens is 335 g/mol. The van der Waals surface area contributed by atoms with E-state index >= 15 is 0 Å². The Balaban J connectivity index is 1.81. The van der Waals surface area contributed by atoms with Crippen LogP contribution in [0.2, 0.25) is 0 Å². The summed E-state index contributed by atoms with van der Waals surface area (Å²) in [7, 11) is 0. The molecule has 1 aromatic carbocycles. The van der Waals surface area contributed by atoms with Crippen molar-refractivity contribution in [3.63, 3.8) is 0 Å². The fourth-order valence-electron chi connectivity index (χ4n) is 3.25. The zero-order valence-electron chi connectivity index (χ0n) is 14.6. The molecular formula is C19H19FN4O2. The van der Waals surface area contributed by atoms with Crippen molar-refractivity contribution in [1.29, 1.82) is 0 Å². The van der Waals surface area contributed by atoms with Gasteiger partial charge in [0.15, 0.2) is 5.65 Å². The molecule has 2 aromatic heterocycles. The average Bonchev–Trinajstić information content (AvgIpc) is 2.98. The minimum atomic E-state index is -0.337. The van der Waals surface area contributed by atoms with E-state index in [1.54, 1.807) is 29.0 Å². The van der Waals surface area contributed by atoms with Crippen molar-refractivity contribution >= 4 is 17.2 Å². The van der Waals surface area contributed by atoms with E-state index in [0.717, 1.165) is 5.56 Å². The second kappa shape index (κ2) is 6.40. The number of rotatable bonds is 0. The molecule has 7 heteroatoms. The van der Waals surface area contributed by atoms with Crippen LogP contribution in [-0.2, 0) is 11.2 Å². The Kier molecular flexibility index (Phi) is 4.06. The lowest BCUT2D eigenvalue weighted by molar-refractivity contribution is -0.119. The van der Waals surface area contributed by atoms with Crippen molar-refractivity contribution < 1.29 is 13.9 Å². The fourth-order valence-corrected chi connectivity index (χ4v) is 3.25. The predicted molar refractivity (Wildman–Crippen MR) is 94.8 cm³/mol. The highest BCUT2D eigenvalue weighted by molar-refractivity contribution is 5.83. The van der Waals surface area contributed by atoms with Gasteiger partial charge in [-0.05, 0) is 38.1 Å². The van der Waals surface area contributed by atoms with Gasteiger partial charge in [-0.2, -0.15) is 5.10 Å². The number of hydrogen-bond acceptors (Lipinski definition) is 5. The van der Waals surface area contributed by atoms with E-state index in [9.17, 15) is 9.18 Å². The lowest BCUT2D eigenvalue weighted by atomic mass is 10.1. The maximum absolute atomic E-state index is 13.8. The summed E-state index contributed by atoms with van der Waals surface area (Å²) in [6, 6.07) is 5.98. The zero-order chi connectivity index (χ0) is 18.3. The summed E-state index contributed by atoms with van der Waals surface area (Å²) >= 11 is 0. The van der Waals surface area contributed by atoms with Gasteiger partial charge in [-0.1, -0.05) is 0 Å². The van der Waals surface area contributed by atoms with Gasteiger partial charge >= 0.3 is 0 Å². The molecule has 0 unspecified atom stereocenters. The van der Waals surface area contributed by atoms with Gasteiger partial charge in [-0.25, -0.2) is 13.9 Å². The number of carbonyl (C=O) groups is 1. The molecule has 4 rings (SSSR count). The summed E-state index contributed by atoms with van der Waals surface area (Å²) in [5.41, 5.74) is 2.10. The van der Waals surface area contributed by atoms with Crippen molar-refractivity contribution in [3.8, 4) is 5.75 Å². The molecule has 2 atom stereocenters. The smallest absolute Gasteiger partial charge is 0.160 e. The number of ether oxygens (including phenoxy) is 1. The summed E-state index contributed by atoms with van der Waals surface area (Å²) in [5, 5.41) is 7.53. The summed E-state index contributed by atoms with van der Waals surface area (Å²) in [6.45, 7) is 3.76. The van der Waals surface area contributed by atoms with Crippen LogP contribution in [0.1, 0.15) is 37.4 Å². The summed E-state index contributed by atoms with van der Waals surface area (Å²) < 4.78 is 21.4. The molecule has 0 saturated carbocycles. The quantitative estimate of drug-likeness (QED) is 0.671. The normalized spacial score (nSPS) is 20.5.